The summed E-state index contributed by atoms with van der Waals surface area (Å²) >= 11 is 0. The standard InChI is InChI=1S/C15H20N4O2/c1-11-12(2)17-19(15(21)13(11)9-16)10-14(20)18-7-5-3-4-6-8-18/h3-8,10H2,1-2H3. The lowest BCUT2D eigenvalue weighted by molar-refractivity contribution is -0.132. The molecule has 1 aromatic rings. The fourth-order valence-corrected chi connectivity index (χ4v) is 2.56. The van der Waals surface area contributed by atoms with Gasteiger partial charge in [-0.2, -0.15) is 10.4 Å². The van der Waals surface area contributed by atoms with Gasteiger partial charge >= 0.3 is 0 Å². The molecule has 0 radical (unpaired) electrons. The Morgan fingerprint density at radius 3 is 2.43 bits per heavy atom. The van der Waals surface area contributed by atoms with Crippen LogP contribution < -0.4 is 5.56 Å². The van der Waals surface area contributed by atoms with Gasteiger partial charge in [0, 0.05) is 13.1 Å². The molecule has 1 fully saturated rings. The molecule has 0 unspecified atom stereocenters. The Balaban J connectivity index is 2.23. The topological polar surface area (TPSA) is 79.0 Å². The van der Waals surface area contributed by atoms with Crippen LogP contribution in [0.1, 0.15) is 42.5 Å². The van der Waals surface area contributed by atoms with Gasteiger partial charge in [0.05, 0.1) is 5.69 Å². The molecule has 1 aliphatic heterocycles. The highest BCUT2D eigenvalue weighted by molar-refractivity contribution is 5.75. The molecule has 6 nitrogen and oxygen atoms in total. The van der Waals surface area contributed by atoms with Gasteiger partial charge in [-0.25, -0.2) is 4.68 Å². The maximum absolute atomic E-state index is 12.3. The van der Waals surface area contributed by atoms with Gasteiger partial charge in [-0.05, 0) is 32.3 Å². The average molecular weight is 288 g/mol. The van der Waals surface area contributed by atoms with Gasteiger partial charge in [0.25, 0.3) is 5.56 Å². The summed E-state index contributed by atoms with van der Waals surface area (Å²) in [5, 5.41) is 13.2. The van der Waals surface area contributed by atoms with E-state index in [1.807, 2.05) is 6.07 Å². The van der Waals surface area contributed by atoms with Gasteiger partial charge < -0.3 is 4.90 Å². The first-order valence-electron chi connectivity index (χ1n) is 7.30. The van der Waals surface area contributed by atoms with Crippen LogP contribution >= 0.6 is 0 Å². The molecule has 6 heteroatoms. The predicted octanol–water partition coefficient (Wildman–Crippen LogP) is 1.13. The smallest absolute Gasteiger partial charge is 0.285 e. The van der Waals surface area contributed by atoms with Gasteiger partial charge in [0.2, 0.25) is 5.91 Å². The van der Waals surface area contributed by atoms with Crippen LogP contribution in [0.4, 0.5) is 0 Å². The van der Waals surface area contributed by atoms with Crippen molar-refractivity contribution in [2.75, 3.05) is 13.1 Å². The van der Waals surface area contributed by atoms with E-state index in [0.717, 1.165) is 43.5 Å². The van der Waals surface area contributed by atoms with Crippen molar-refractivity contribution in [2.45, 2.75) is 46.1 Å². The lowest BCUT2D eigenvalue weighted by atomic mass is 10.1. The summed E-state index contributed by atoms with van der Waals surface area (Å²) in [4.78, 5) is 26.3. The molecule has 21 heavy (non-hydrogen) atoms. The highest BCUT2D eigenvalue weighted by Gasteiger charge is 2.19. The zero-order valence-corrected chi connectivity index (χ0v) is 12.6. The molecule has 2 rings (SSSR count). The fourth-order valence-electron chi connectivity index (χ4n) is 2.56. The number of rotatable bonds is 2. The van der Waals surface area contributed by atoms with Gasteiger partial charge in [0.1, 0.15) is 18.2 Å². The molecular weight excluding hydrogens is 268 g/mol. The molecule has 1 aliphatic rings. The molecular formula is C15H20N4O2. The number of carbonyl (C=O) groups excluding carboxylic acids is 1. The Morgan fingerprint density at radius 2 is 1.86 bits per heavy atom. The van der Waals surface area contributed by atoms with Crippen LogP contribution in [0.25, 0.3) is 0 Å². The molecule has 1 saturated heterocycles. The quantitative estimate of drug-likeness (QED) is 0.817. The maximum Gasteiger partial charge on any atom is 0.285 e. The van der Waals surface area contributed by atoms with E-state index in [2.05, 4.69) is 5.10 Å². The van der Waals surface area contributed by atoms with Crippen molar-refractivity contribution >= 4 is 5.91 Å². The molecule has 2 heterocycles. The third kappa shape index (κ3) is 3.30. The highest BCUT2D eigenvalue weighted by Crippen LogP contribution is 2.10. The minimum absolute atomic E-state index is 0.0752. The lowest BCUT2D eigenvalue weighted by Crippen LogP contribution is -2.39. The van der Waals surface area contributed by atoms with E-state index in [9.17, 15) is 9.59 Å². The Morgan fingerprint density at radius 1 is 1.24 bits per heavy atom. The maximum atomic E-state index is 12.3. The van der Waals surface area contributed by atoms with E-state index in [-0.39, 0.29) is 18.0 Å². The minimum Gasteiger partial charge on any atom is -0.341 e. The third-order valence-electron chi connectivity index (χ3n) is 3.99. The summed E-state index contributed by atoms with van der Waals surface area (Å²) in [6, 6.07) is 1.91. The number of hydrogen-bond donors (Lipinski definition) is 0. The highest BCUT2D eigenvalue weighted by atomic mass is 16.2. The Bertz CT molecular complexity index is 634. The zero-order valence-electron chi connectivity index (χ0n) is 12.6. The zero-order chi connectivity index (χ0) is 15.4. The Hall–Kier alpha value is -2.16. The molecule has 0 saturated carbocycles. The van der Waals surface area contributed by atoms with Crippen LogP contribution in [0, 0.1) is 25.2 Å². The fraction of sp³-hybridized carbons (Fsp3) is 0.600. The normalized spacial score (nSPS) is 15.4. The summed E-state index contributed by atoms with van der Waals surface area (Å²) in [5.41, 5.74) is 0.783. The van der Waals surface area contributed by atoms with Crippen LogP contribution in [0.15, 0.2) is 4.79 Å². The van der Waals surface area contributed by atoms with Crippen molar-refractivity contribution in [1.29, 1.82) is 5.26 Å². The van der Waals surface area contributed by atoms with Crippen LogP contribution in [-0.4, -0.2) is 33.7 Å². The second kappa shape index (κ2) is 6.53. The second-order valence-electron chi connectivity index (χ2n) is 5.46. The minimum atomic E-state index is -0.483. The van der Waals surface area contributed by atoms with Crippen LogP contribution in [0.2, 0.25) is 0 Å². The molecule has 0 bridgehead atoms. The first-order valence-corrected chi connectivity index (χ1v) is 7.30. The van der Waals surface area contributed by atoms with E-state index in [0.29, 0.717) is 11.3 Å². The molecule has 112 valence electrons. The van der Waals surface area contributed by atoms with Crippen LogP contribution in [0.5, 0.6) is 0 Å². The van der Waals surface area contributed by atoms with Crippen molar-refractivity contribution in [3.8, 4) is 6.07 Å². The first kappa shape index (κ1) is 15.2. The van der Waals surface area contributed by atoms with Gasteiger partial charge in [-0.1, -0.05) is 12.8 Å². The number of aromatic nitrogens is 2. The molecule has 0 N–H and O–H groups in total. The number of nitrogens with zero attached hydrogens (tertiary/aromatic N) is 4. The summed E-state index contributed by atoms with van der Waals surface area (Å²) in [6.45, 7) is 4.83. The summed E-state index contributed by atoms with van der Waals surface area (Å²) in [6.07, 6.45) is 4.29. The van der Waals surface area contributed by atoms with Gasteiger partial charge in [-0.15, -0.1) is 0 Å². The van der Waals surface area contributed by atoms with E-state index >= 15 is 0 Å². The predicted molar refractivity (Wildman–Crippen MR) is 77.7 cm³/mol. The number of likely N-dealkylation sites (tertiary alicyclic amines) is 1. The number of amides is 1. The molecule has 0 atom stereocenters. The second-order valence-corrected chi connectivity index (χ2v) is 5.46. The van der Waals surface area contributed by atoms with Crippen molar-refractivity contribution in [2.24, 2.45) is 0 Å². The molecule has 1 amide bonds. The first-order chi connectivity index (χ1) is 10.0. The van der Waals surface area contributed by atoms with E-state index in [4.69, 9.17) is 5.26 Å². The summed E-state index contributed by atoms with van der Waals surface area (Å²) < 4.78 is 1.12. The lowest BCUT2D eigenvalue weighted by Gasteiger charge is -2.20. The average Bonchev–Trinajstić information content (AvgIpc) is 2.74. The van der Waals surface area contributed by atoms with Gasteiger partial charge in [0.15, 0.2) is 0 Å². The number of nitriles is 1. The SMILES string of the molecule is Cc1nn(CC(=O)N2CCCCCC2)c(=O)c(C#N)c1C. The van der Waals surface area contributed by atoms with Crippen molar-refractivity contribution in [3.05, 3.63) is 27.2 Å². The van der Waals surface area contributed by atoms with E-state index in [1.54, 1.807) is 18.7 Å². The van der Waals surface area contributed by atoms with Crippen molar-refractivity contribution < 1.29 is 4.79 Å². The van der Waals surface area contributed by atoms with Crippen LogP contribution in [-0.2, 0) is 11.3 Å². The molecule has 0 aliphatic carbocycles. The third-order valence-corrected chi connectivity index (χ3v) is 3.99. The van der Waals surface area contributed by atoms with E-state index < -0.39 is 5.56 Å². The van der Waals surface area contributed by atoms with Crippen molar-refractivity contribution in [1.82, 2.24) is 14.7 Å². The largest absolute Gasteiger partial charge is 0.341 e. The monoisotopic (exact) mass is 288 g/mol. The van der Waals surface area contributed by atoms with E-state index in [1.165, 1.54) is 0 Å². The number of hydrogen-bond acceptors (Lipinski definition) is 4. The molecule has 1 aromatic heterocycles. The van der Waals surface area contributed by atoms with Gasteiger partial charge in [-0.3, -0.25) is 9.59 Å². The Labute approximate surface area is 124 Å². The number of aryl methyl sites for hydroxylation is 1. The Kier molecular flexibility index (Phi) is 4.73. The molecule has 0 aromatic carbocycles. The van der Waals surface area contributed by atoms with Crippen LogP contribution in [0.3, 0.4) is 0 Å². The van der Waals surface area contributed by atoms with Crippen molar-refractivity contribution in [3.63, 3.8) is 0 Å². The molecule has 0 spiro atoms. The summed E-state index contributed by atoms with van der Waals surface area (Å²) in [5.74, 6) is -0.0985. The summed E-state index contributed by atoms with van der Waals surface area (Å²) in [7, 11) is 0. The number of carbonyl (C=O) groups is 1.